The third-order valence-corrected chi connectivity index (χ3v) is 2.84. The second kappa shape index (κ2) is 5.23. The van der Waals surface area contributed by atoms with Crippen LogP contribution in [0.4, 0.5) is 4.39 Å². The third-order valence-electron chi connectivity index (χ3n) is 2.84. The molecule has 0 aliphatic rings. The van der Waals surface area contributed by atoms with Gasteiger partial charge in [-0.1, -0.05) is 6.07 Å². The molecule has 1 unspecified atom stereocenters. The molecule has 4 heteroatoms. The van der Waals surface area contributed by atoms with Crippen LogP contribution in [0.5, 0.6) is 5.75 Å². The Morgan fingerprint density at radius 3 is 2.72 bits per heavy atom. The van der Waals surface area contributed by atoms with Gasteiger partial charge in [0.25, 0.3) is 0 Å². The number of hydrogen-bond acceptors (Lipinski definition) is 2. The number of halogens is 1. The summed E-state index contributed by atoms with van der Waals surface area (Å²) in [4.78, 5) is 0. The van der Waals surface area contributed by atoms with Crippen molar-refractivity contribution in [2.24, 2.45) is 0 Å². The average molecular weight is 249 g/mol. The van der Waals surface area contributed by atoms with E-state index >= 15 is 0 Å². The van der Waals surface area contributed by atoms with Gasteiger partial charge in [-0.3, -0.25) is 0 Å². The zero-order valence-electron chi connectivity index (χ0n) is 10.4. The van der Waals surface area contributed by atoms with Crippen molar-refractivity contribution < 1.29 is 14.2 Å². The zero-order chi connectivity index (χ0) is 13.1. The fraction of sp³-hybridized carbons (Fsp3) is 0.286. The highest BCUT2D eigenvalue weighted by Gasteiger charge is 2.06. The number of aromatic nitrogens is 1. The van der Waals surface area contributed by atoms with E-state index in [1.165, 1.54) is 13.2 Å². The van der Waals surface area contributed by atoms with Crippen LogP contribution in [-0.2, 0) is 6.54 Å². The van der Waals surface area contributed by atoms with Gasteiger partial charge in [0.05, 0.1) is 13.2 Å². The summed E-state index contributed by atoms with van der Waals surface area (Å²) in [6.07, 6.45) is 3.23. The molecule has 1 aromatic heterocycles. The summed E-state index contributed by atoms with van der Waals surface area (Å²) < 4.78 is 20.3. The topological polar surface area (TPSA) is 34.4 Å². The molecule has 0 aliphatic heterocycles. The first-order valence-electron chi connectivity index (χ1n) is 5.76. The van der Waals surface area contributed by atoms with Gasteiger partial charge in [-0.25, -0.2) is 4.39 Å². The molecule has 0 bridgehead atoms. The van der Waals surface area contributed by atoms with Crippen molar-refractivity contribution in [3.63, 3.8) is 0 Å². The Kier molecular flexibility index (Phi) is 3.67. The fourth-order valence-electron chi connectivity index (χ4n) is 1.82. The monoisotopic (exact) mass is 249 g/mol. The maximum atomic E-state index is 13.5. The van der Waals surface area contributed by atoms with Gasteiger partial charge < -0.3 is 14.4 Å². The van der Waals surface area contributed by atoms with Gasteiger partial charge >= 0.3 is 0 Å². The first-order chi connectivity index (χ1) is 8.60. The largest absolute Gasteiger partial charge is 0.494 e. The molecule has 2 rings (SSSR count). The summed E-state index contributed by atoms with van der Waals surface area (Å²) >= 11 is 0. The van der Waals surface area contributed by atoms with Crippen LogP contribution in [0.25, 0.3) is 0 Å². The summed E-state index contributed by atoms with van der Waals surface area (Å²) in [5.41, 5.74) is 1.70. The predicted octanol–water partition coefficient (Wildman–Crippen LogP) is 2.74. The van der Waals surface area contributed by atoms with E-state index in [1.807, 2.05) is 29.1 Å². The van der Waals surface area contributed by atoms with Crippen LogP contribution in [-0.4, -0.2) is 16.8 Å². The highest BCUT2D eigenvalue weighted by atomic mass is 19.1. The minimum absolute atomic E-state index is 0.246. The standard InChI is InChI=1S/C14H16FNO2/c1-10(17)12-5-6-16(9-12)8-11-3-4-14(18-2)13(15)7-11/h3-7,9-10,17H,8H2,1-2H3. The first-order valence-corrected chi connectivity index (χ1v) is 5.76. The lowest BCUT2D eigenvalue weighted by atomic mass is 10.2. The van der Waals surface area contributed by atoms with Gasteiger partial charge in [0.1, 0.15) is 0 Å². The molecule has 0 saturated carbocycles. The van der Waals surface area contributed by atoms with Crippen molar-refractivity contribution in [3.05, 3.63) is 53.6 Å². The highest BCUT2D eigenvalue weighted by Crippen LogP contribution is 2.19. The third kappa shape index (κ3) is 2.71. The van der Waals surface area contributed by atoms with Crippen LogP contribution in [0.1, 0.15) is 24.2 Å². The van der Waals surface area contributed by atoms with Crippen LogP contribution in [0, 0.1) is 5.82 Å². The number of aliphatic hydroxyl groups excluding tert-OH is 1. The molecule has 0 spiro atoms. The maximum absolute atomic E-state index is 13.5. The SMILES string of the molecule is COc1ccc(Cn2ccc(C(C)O)c2)cc1F. The lowest BCUT2D eigenvalue weighted by Gasteiger charge is -2.06. The quantitative estimate of drug-likeness (QED) is 0.904. The number of ether oxygens (including phenoxy) is 1. The summed E-state index contributed by atoms with van der Waals surface area (Å²) in [5, 5.41) is 9.43. The Hall–Kier alpha value is -1.81. The van der Waals surface area contributed by atoms with Crippen LogP contribution in [0.2, 0.25) is 0 Å². The molecule has 1 atom stereocenters. The molecule has 18 heavy (non-hydrogen) atoms. The van der Waals surface area contributed by atoms with Gasteiger partial charge in [-0.05, 0) is 36.2 Å². The molecule has 0 saturated heterocycles. The van der Waals surface area contributed by atoms with Gasteiger partial charge in [0.2, 0.25) is 0 Å². The summed E-state index contributed by atoms with van der Waals surface area (Å²) in [7, 11) is 1.44. The van der Waals surface area contributed by atoms with E-state index in [1.54, 1.807) is 13.0 Å². The van der Waals surface area contributed by atoms with E-state index in [-0.39, 0.29) is 11.6 Å². The van der Waals surface area contributed by atoms with E-state index in [2.05, 4.69) is 0 Å². The smallest absolute Gasteiger partial charge is 0.165 e. The van der Waals surface area contributed by atoms with Crippen molar-refractivity contribution in [1.82, 2.24) is 4.57 Å². The van der Waals surface area contributed by atoms with Gasteiger partial charge in [-0.15, -0.1) is 0 Å². The normalized spacial score (nSPS) is 12.4. The minimum atomic E-state index is -0.487. The van der Waals surface area contributed by atoms with E-state index in [4.69, 9.17) is 4.74 Å². The molecule has 1 aromatic carbocycles. The van der Waals surface area contributed by atoms with Crippen molar-refractivity contribution in [1.29, 1.82) is 0 Å². The Bertz CT molecular complexity index is 534. The number of nitrogens with zero attached hydrogens (tertiary/aromatic N) is 1. The van der Waals surface area contributed by atoms with Gasteiger partial charge in [0, 0.05) is 18.9 Å². The number of benzene rings is 1. The van der Waals surface area contributed by atoms with E-state index < -0.39 is 6.10 Å². The average Bonchev–Trinajstić information content (AvgIpc) is 2.78. The molecule has 96 valence electrons. The van der Waals surface area contributed by atoms with Crippen molar-refractivity contribution in [2.75, 3.05) is 7.11 Å². The predicted molar refractivity (Wildman–Crippen MR) is 67.1 cm³/mol. The Morgan fingerprint density at radius 1 is 1.39 bits per heavy atom. The molecule has 0 radical (unpaired) electrons. The van der Waals surface area contributed by atoms with E-state index in [0.29, 0.717) is 6.54 Å². The van der Waals surface area contributed by atoms with Gasteiger partial charge in [0.15, 0.2) is 11.6 Å². The minimum Gasteiger partial charge on any atom is -0.494 e. The Balaban J connectivity index is 2.15. The molecule has 1 N–H and O–H groups in total. The van der Waals surface area contributed by atoms with Gasteiger partial charge in [-0.2, -0.15) is 0 Å². The van der Waals surface area contributed by atoms with Crippen LogP contribution >= 0.6 is 0 Å². The molecule has 2 aromatic rings. The molecule has 0 aliphatic carbocycles. The van der Waals surface area contributed by atoms with E-state index in [9.17, 15) is 9.50 Å². The Morgan fingerprint density at radius 2 is 2.17 bits per heavy atom. The molecule has 1 heterocycles. The second-order valence-corrected chi connectivity index (χ2v) is 4.26. The maximum Gasteiger partial charge on any atom is 0.165 e. The lowest BCUT2D eigenvalue weighted by Crippen LogP contribution is -1.98. The highest BCUT2D eigenvalue weighted by molar-refractivity contribution is 5.29. The van der Waals surface area contributed by atoms with Crippen molar-refractivity contribution in [2.45, 2.75) is 19.6 Å². The van der Waals surface area contributed by atoms with Crippen LogP contribution < -0.4 is 4.74 Å². The van der Waals surface area contributed by atoms with Crippen LogP contribution in [0.15, 0.2) is 36.7 Å². The first kappa shape index (κ1) is 12.6. The molecule has 0 amide bonds. The summed E-state index contributed by atoms with van der Waals surface area (Å²) in [6, 6.07) is 6.75. The Labute approximate surface area is 105 Å². The van der Waals surface area contributed by atoms with E-state index in [0.717, 1.165) is 11.1 Å². The number of hydrogen-bond donors (Lipinski definition) is 1. The fourth-order valence-corrected chi connectivity index (χ4v) is 1.82. The molecular weight excluding hydrogens is 233 g/mol. The van der Waals surface area contributed by atoms with Crippen LogP contribution in [0.3, 0.4) is 0 Å². The second-order valence-electron chi connectivity index (χ2n) is 4.26. The molecule has 0 fully saturated rings. The number of rotatable bonds is 4. The van der Waals surface area contributed by atoms with Crippen molar-refractivity contribution in [3.8, 4) is 5.75 Å². The lowest BCUT2D eigenvalue weighted by molar-refractivity contribution is 0.199. The summed E-state index contributed by atoms with van der Waals surface area (Å²) in [5.74, 6) is -0.117. The van der Waals surface area contributed by atoms with Crippen molar-refractivity contribution >= 4 is 0 Å². The zero-order valence-corrected chi connectivity index (χ0v) is 10.4. The number of aliphatic hydroxyl groups is 1. The summed E-state index contributed by atoms with van der Waals surface area (Å²) in [6.45, 7) is 2.28. The number of methoxy groups -OCH3 is 1. The molecular formula is C14H16FNO2. The molecule has 3 nitrogen and oxygen atoms in total.